The van der Waals surface area contributed by atoms with Crippen LogP contribution in [0.4, 0.5) is 18.2 Å². The maximum atomic E-state index is 13.7. The van der Waals surface area contributed by atoms with Crippen molar-refractivity contribution in [2.24, 2.45) is 0 Å². The van der Waals surface area contributed by atoms with Crippen LogP contribution in [0.3, 0.4) is 0 Å². The highest BCUT2D eigenvalue weighted by Crippen LogP contribution is 2.42. The van der Waals surface area contributed by atoms with E-state index in [1.807, 2.05) is 17.9 Å². The highest BCUT2D eigenvalue weighted by atomic mass is 32.1. The number of carbonyl (C=O) groups is 1. The highest BCUT2D eigenvalue weighted by molar-refractivity contribution is 7.16. The number of amides is 1. The van der Waals surface area contributed by atoms with Crippen molar-refractivity contribution in [3.63, 3.8) is 0 Å². The van der Waals surface area contributed by atoms with E-state index in [0.29, 0.717) is 63.7 Å². The average Bonchev–Trinajstić information content (AvgIpc) is 3.64. The molecule has 0 saturated carbocycles. The molecule has 0 aliphatic carbocycles. The number of halogens is 3. The predicted molar refractivity (Wildman–Crippen MR) is 139 cm³/mol. The Balaban J connectivity index is 1.26. The number of nitrogens with zero attached hydrogens (tertiary/aromatic N) is 7. The number of aliphatic hydroxyl groups is 1. The number of anilines is 1. The molecule has 0 radical (unpaired) electrons. The van der Waals surface area contributed by atoms with Gasteiger partial charge in [-0.15, -0.1) is 0 Å². The van der Waals surface area contributed by atoms with E-state index in [2.05, 4.69) is 24.9 Å². The van der Waals surface area contributed by atoms with E-state index in [1.54, 1.807) is 46.3 Å². The number of imidazole rings is 2. The quantitative estimate of drug-likeness (QED) is 0.339. The van der Waals surface area contributed by atoms with Gasteiger partial charge in [0, 0.05) is 31.9 Å². The molecule has 202 valence electrons. The number of nitrogens with one attached hydrogen (secondary N) is 1. The standard InChI is InChI=1S/C25H23F3N8O2S/c1-14-10-34(7-8-36(14)19(38)11-35-13-30-17-3-2-6-29-22(17)35)23-20(33-24(39-23)25(26,27)28)21-31-16-5-4-15(12-37)9-18(16)32-21/h2-6,9,13-14,37H,7-8,10-12H2,1H3,(H,31,32). The van der Waals surface area contributed by atoms with Crippen LogP contribution in [0.2, 0.25) is 0 Å². The van der Waals surface area contributed by atoms with Gasteiger partial charge in [-0.25, -0.2) is 19.9 Å². The molecular formula is C25H23F3N8O2S. The zero-order chi connectivity index (χ0) is 27.3. The first kappa shape index (κ1) is 25.2. The van der Waals surface area contributed by atoms with Crippen molar-refractivity contribution >= 4 is 44.4 Å². The van der Waals surface area contributed by atoms with Crippen LogP contribution < -0.4 is 4.90 Å². The fourth-order valence-corrected chi connectivity index (χ4v) is 5.80. The van der Waals surface area contributed by atoms with Crippen LogP contribution >= 0.6 is 11.3 Å². The summed E-state index contributed by atoms with van der Waals surface area (Å²) in [5.74, 6) is 0.0945. The second-order valence-corrected chi connectivity index (χ2v) is 10.3. The summed E-state index contributed by atoms with van der Waals surface area (Å²) in [6.45, 7) is 2.77. The van der Waals surface area contributed by atoms with Gasteiger partial charge in [-0.1, -0.05) is 17.4 Å². The monoisotopic (exact) mass is 556 g/mol. The van der Waals surface area contributed by atoms with Crippen LogP contribution in [0.25, 0.3) is 33.7 Å². The summed E-state index contributed by atoms with van der Waals surface area (Å²) in [7, 11) is 0. The van der Waals surface area contributed by atoms with Crippen molar-refractivity contribution in [3.05, 3.63) is 53.4 Å². The third-order valence-corrected chi connectivity index (χ3v) is 7.88. The van der Waals surface area contributed by atoms with Crippen LogP contribution in [0, 0.1) is 0 Å². The summed E-state index contributed by atoms with van der Waals surface area (Å²) in [6, 6.07) is 8.44. The van der Waals surface area contributed by atoms with Crippen LogP contribution in [0.5, 0.6) is 0 Å². The number of aromatic amines is 1. The van der Waals surface area contributed by atoms with Crippen molar-refractivity contribution in [1.29, 1.82) is 0 Å². The number of carbonyl (C=O) groups excluding carboxylic acids is 1. The smallest absolute Gasteiger partial charge is 0.392 e. The molecule has 6 rings (SSSR count). The molecule has 1 amide bonds. The molecule has 10 nitrogen and oxygen atoms in total. The lowest BCUT2D eigenvalue weighted by atomic mass is 10.2. The third-order valence-electron chi connectivity index (χ3n) is 6.72. The molecule has 1 aliphatic rings. The Labute approximate surface area is 223 Å². The topological polar surface area (TPSA) is 116 Å². The fourth-order valence-electron chi connectivity index (χ4n) is 4.83. The first-order valence-corrected chi connectivity index (χ1v) is 13.0. The van der Waals surface area contributed by atoms with E-state index in [-0.39, 0.29) is 36.6 Å². The molecule has 2 N–H and O–H groups in total. The number of hydrogen-bond acceptors (Lipinski definition) is 8. The number of piperazine rings is 1. The van der Waals surface area contributed by atoms with E-state index >= 15 is 0 Å². The number of H-pyrrole nitrogens is 1. The van der Waals surface area contributed by atoms with Crippen molar-refractivity contribution in [2.45, 2.75) is 32.3 Å². The second kappa shape index (κ2) is 9.61. The minimum atomic E-state index is -4.61. The fraction of sp³-hybridized carbons (Fsp3) is 0.320. The van der Waals surface area contributed by atoms with Crippen molar-refractivity contribution in [1.82, 2.24) is 34.4 Å². The van der Waals surface area contributed by atoms with E-state index in [0.717, 1.165) is 0 Å². The Morgan fingerprint density at radius 2 is 2.03 bits per heavy atom. The molecule has 1 unspecified atom stereocenters. The van der Waals surface area contributed by atoms with Crippen LogP contribution in [-0.4, -0.2) is 71.1 Å². The Hall–Kier alpha value is -4.04. The molecule has 1 fully saturated rings. The lowest BCUT2D eigenvalue weighted by molar-refractivity contribution is -0.137. The lowest BCUT2D eigenvalue weighted by Crippen LogP contribution is -2.54. The van der Waals surface area contributed by atoms with Gasteiger partial charge in [0.2, 0.25) is 10.9 Å². The Kier molecular flexibility index (Phi) is 6.22. The molecule has 0 spiro atoms. The lowest BCUT2D eigenvalue weighted by Gasteiger charge is -2.40. The van der Waals surface area contributed by atoms with Crippen molar-refractivity contribution in [2.75, 3.05) is 24.5 Å². The zero-order valence-electron chi connectivity index (χ0n) is 20.7. The van der Waals surface area contributed by atoms with E-state index < -0.39 is 11.2 Å². The number of alkyl halides is 3. The number of aromatic nitrogens is 6. The second-order valence-electron chi connectivity index (χ2n) is 9.37. The molecule has 1 aromatic carbocycles. The SMILES string of the molecule is CC1CN(c2sc(C(F)(F)F)nc2-c2nc3ccc(CO)cc3[nH]2)CCN1C(=O)Cn1cnc2cccnc21. The van der Waals surface area contributed by atoms with Gasteiger partial charge >= 0.3 is 6.18 Å². The van der Waals surface area contributed by atoms with Gasteiger partial charge in [-0.3, -0.25) is 4.79 Å². The number of aliphatic hydroxyl groups excluding tert-OH is 1. The van der Waals surface area contributed by atoms with Gasteiger partial charge in [0.15, 0.2) is 11.5 Å². The molecular weight excluding hydrogens is 533 g/mol. The van der Waals surface area contributed by atoms with Gasteiger partial charge < -0.3 is 24.5 Å². The summed E-state index contributed by atoms with van der Waals surface area (Å²) in [4.78, 5) is 36.8. The normalized spacial score (nSPS) is 16.5. The van der Waals surface area contributed by atoms with E-state index in [1.165, 1.54) is 0 Å². The zero-order valence-corrected chi connectivity index (χ0v) is 21.5. The molecule has 1 aliphatic heterocycles. The van der Waals surface area contributed by atoms with Crippen LogP contribution in [0.1, 0.15) is 17.5 Å². The number of fused-ring (bicyclic) bond motifs is 2. The summed E-state index contributed by atoms with van der Waals surface area (Å²) in [5, 5.41) is 8.80. The largest absolute Gasteiger partial charge is 0.443 e. The van der Waals surface area contributed by atoms with E-state index in [4.69, 9.17) is 0 Å². The van der Waals surface area contributed by atoms with Crippen molar-refractivity contribution < 1.29 is 23.1 Å². The molecule has 39 heavy (non-hydrogen) atoms. The Bertz CT molecular complexity index is 1680. The van der Waals surface area contributed by atoms with Gasteiger partial charge in [-0.05, 0) is 36.8 Å². The molecule has 0 bridgehead atoms. The first-order chi connectivity index (χ1) is 18.7. The summed E-state index contributed by atoms with van der Waals surface area (Å²) in [6.07, 6.45) is -1.39. The van der Waals surface area contributed by atoms with Crippen LogP contribution in [0.15, 0.2) is 42.9 Å². The molecule has 1 saturated heterocycles. The van der Waals surface area contributed by atoms with E-state index in [9.17, 15) is 23.1 Å². The predicted octanol–water partition coefficient (Wildman–Crippen LogP) is 3.68. The summed E-state index contributed by atoms with van der Waals surface area (Å²) in [5.41, 5.74) is 3.22. The number of rotatable bonds is 5. The molecule has 5 aromatic rings. The summed E-state index contributed by atoms with van der Waals surface area (Å²) >= 11 is 0.568. The van der Waals surface area contributed by atoms with Crippen LogP contribution in [-0.2, 0) is 24.1 Å². The molecule has 1 atom stereocenters. The summed E-state index contributed by atoms with van der Waals surface area (Å²) < 4.78 is 42.8. The number of pyridine rings is 1. The third kappa shape index (κ3) is 4.69. The Morgan fingerprint density at radius 3 is 2.79 bits per heavy atom. The first-order valence-electron chi connectivity index (χ1n) is 12.2. The molecule has 14 heteroatoms. The minimum absolute atomic E-state index is 0.0662. The molecule has 4 aromatic heterocycles. The number of thiazole rings is 1. The van der Waals surface area contributed by atoms with Gasteiger partial charge in [-0.2, -0.15) is 13.2 Å². The molecule has 5 heterocycles. The van der Waals surface area contributed by atoms with Gasteiger partial charge in [0.05, 0.1) is 24.0 Å². The highest BCUT2D eigenvalue weighted by Gasteiger charge is 2.39. The number of benzene rings is 1. The van der Waals surface area contributed by atoms with Gasteiger partial charge in [0.25, 0.3) is 0 Å². The van der Waals surface area contributed by atoms with Gasteiger partial charge in [0.1, 0.15) is 22.8 Å². The van der Waals surface area contributed by atoms with Crippen molar-refractivity contribution in [3.8, 4) is 11.5 Å². The maximum absolute atomic E-state index is 13.7. The maximum Gasteiger partial charge on any atom is 0.443 e. The average molecular weight is 557 g/mol. The minimum Gasteiger partial charge on any atom is -0.392 e. The Morgan fingerprint density at radius 1 is 1.18 bits per heavy atom. The number of hydrogen-bond donors (Lipinski definition) is 2.